The molecule has 0 saturated carbocycles. The van der Waals surface area contributed by atoms with Crippen LogP contribution in [0.5, 0.6) is 0 Å². The molecule has 5 nitrogen and oxygen atoms in total. The van der Waals surface area contributed by atoms with Crippen molar-refractivity contribution in [2.75, 3.05) is 27.2 Å². The molecule has 0 fully saturated rings. The van der Waals surface area contributed by atoms with E-state index in [-0.39, 0.29) is 11.9 Å². The van der Waals surface area contributed by atoms with Gasteiger partial charge < -0.3 is 15.5 Å². The number of aliphatic imine (C=N–C) groups is 1. The van der Waals surface area contributed by atoms with Crippen LogP contribution in [0.25, 0.3) is 0 Å². The highest BCUT2D eigenvalue weighted by Crippen LogP contribution is 2.01. The van der Waals surface area contributed by atoms with E-state index in [4.69, 9.17) is 0 Å². The molecule has 0 aromatic rings. The Morgan fingerprint density at radius 3 is 2.62 bits per heavy atom. The van der Waals surface area contributed by atoms with Crippen molar-refractivity contribution in [3.05, 3.63) is 12.7 Å². The van der Waals surface area contributed by atoms with Gasteiger partial charge in [-0.1, -0.05) is 12.5 Å². The quantitative estimate of drug-likeness (QED) is 0.281. The number of allylic oxidation sites excluding steroid dienone is 1. The molecule has 21 heavy (non-hydrogen) atoms. The van der Waals surface area contributed by atoms with Crippen molar-refractivity contribution in [2.45, 2.75) is 52.0 Å². The van der Waals surface area contributed by atoms with Crippen LogP contribution in [-0.2, 0) is 4.79 Å². The molecule has 0 rings (SSSR count). The Kier molecular flexibility index (Phi) is 11.4. The molecule has 0 atom stereocenters. The highest BCUT2D eigenvalue weighted by molar-refractivity contribution is 5.81. The summed E-state index contributed by atoms with van der Waals surface area (Å²) < 4.78 is 0. The smallest absolute Gasteiger partial charge is 0.221 e. The molecule has 0 aliphatic carbocycles. The molecule has 0 saturated heterocycles. The van der Waals surface area contributed by atoms with Crippen LogP contribution in [0, 0.1) is 0 Å². The Labute approximate surface area is 129 Å². The summed E-state index contributed by atoms with van der Waals surface area (Å²) in [7, 11) is 3.79. The first kappa shape index (κ1) is 19.5. The number of guanidine groups is 1. The Hall–Kier alpha value is -1.52. The summed E-state index contributed by atoms with van der Waals surface area (Å²) in [6.07, 6.45) is 7.04. The van der Waals surface area contributed by atoms with Crippen LogP contribution in [0.4, 0.5) is 0 Å². The monoisotopic (exact) mass is 296 g/mol. The number of nitrogens with one attached hydrogen (secondary N) is 2. The molecule has 0 aromatic carbocycles. The Bertz CT molecular complexity index is 326. The van der Waals surface area contributed by atoms with Gasteiger partial charge in [0.05, 0.1) is 0 Å². The maximum Gasteiger partial charge on any atom is 0.221 e. The zero-order valence-corrected chi connectivity index (χ0v) is 14.1. The molecular weight excluding hydrogens is 264 g/mol. The summed E-state index contributed by atoms with van der Waals surface area (Å²) in [4.78, 5) is 17.9. The molecule has 122 valence electrons. The van der Waals surface area contributed by atoms with Gasteiger partial charge in [-0.2, -0.15) is 0 Å². The molecule has 5 heteroatoms. The second kappa shape index (κ2) is 12.2. The molecular formula is C16H32N4O. The average Bonchev–Trinajstić information content (AvgIpc) is 2.42. The Balaban J connectivity index is 3.88. The SMILES string of the molecule is C=CCCCCCN(C)C(=NC)NCCC(=O)NC(C)C. The minimum atomic E-state index is 0.0695. The van der Waals surface area contributed by atoms with E-state index in [9.17, 15) is 4.79 Å². The normalized spacial score (nSPS) is 11.4. The van der Waals surface area contributed by atoms with Crippen LogP contribution in [0.3, 0.4) is 0 Å². The van der Waals surface area contributed by atoms with Crippen LogP contribution >= 0.6 is 0 Å². The van der Waals surface area contributed by atoms with E-state index in [1.165, 1.54) is 12.8 Å². The van der Waals surface area contributed by atoms with Crippen LogP contribution in [0.1, 0.15) is 46.0 Å². The molecule has 0 aliphatic heterocycles. The number of carbonyl (C=O) groups is 1. The second-order valence-corrected chi connectivity index (χ2v) is 5.51. The molecule has 0 unspecified atom stereocenters. The van der Waals surface area contributed by atoms with Crippen molar-refractivity contribution in [2.24, 2.45) is 4.99 Å². The summed E-state index contributed by atoms with van der Waals surface area (Å²) >= 11 is 0. The van der Waals surface area contributed by atoms with E-state index in [2.05, 4.69) is 27.1 Å². The number of nitrogens with zero attached hydrogens (tertiary/aromatic N) is 2. The predicted molar refractivity (Wildman–Crippen MR) is 90.6 cm³/mol. The summed E-state index contributed by atoms with van der Waals surface area (Å²) in [5.74, 6) is 0.913. The summed E-state index contributed by atoms with van der Waals surface area (Å²) in [5.41, 5.74) is 0. The van der Waals surface area contributed by atoms with Gasteiger partial charge in [0.15, 0.2) is 5.96 Å². The lowest BCUT2D eigenvalue weighted by atomic mass is 10.2. The summed E-state index contributed by atoms with van der Waals surface area (Å²) in [6, 6.07) is 0.190. The third-order valence-corrected chi connectivity index (χ3v) is 3.06. The van der Waals surface area contributed by atoms with Crippen LogP contribution < -0.4 is 10.6 Å². The standard InChI is InChI=1S/C16H32N4O/c1-6-7-8-9-10-13-20(5)16(17-4)18-12-11-15(21)19-14(2)3/h6,14H,1,7-13H2,2-5H3,(H,17,18)(H,19,21). The first-order chi connectivity index (χ1) is 10.0. The number of unbranched alkanes of at least 4 members (excludes halogenated alkanes) is 3. The van der Waals surface area contributed by atoms with Gasteiger partial charge in [0.1, 0.15) is 0 Å². The van der Waals surface area contributed by atoms with Gasteiger partial charge in [-0.3, -0.25) is 9.79 Å². The minimum Gasteiger partial charge on any atom is -0.356 e. The average molecular weight is 296 g/mol. The van der Waals surface area contributed by atoms with E-state index in [0.29, 0.717) is 13.0 Å². The van der Waals surface area contributed by atoms with Gasteiger partial charge in [0.25, 0.3) is 0 Å². The van der Waals surface area contributed by atoms with Crippen molar-refractivity contribution in [1.29, 1.82) is 0 Å². The first-order valence-corrected chi connectivity index (χ1v) is 7.83. The molecule has 0 spiro atoms. The van der Waals surface area contributed by atoms with Gasteiger partial charge >= 0.3 is 0 Å². The van der Waals surface area contributed by atoms with Gasteiger partial charge in [0, 0.05) is 39.6 Å². The first-order valence-electron chi connectivity index (χ1n) is 7.83. The van der Waals surface area contributed by atoms with E-state index in [1.54, 1.807) is 7.05 Å². The van der Waals surface area contributed by atoms with Crippen molar-refractivity contribution in [3.8, 4) is 0 Å². The fourth-order valence-corrected chi connectivity index (χ4v) is 1.99. The fourth-order valence-electron chi connectivity index (χ4n) is 1.99. The molecule has 0 heterocycles. The number of carbonyl (C=O) groups excluding carboxylic acids is 1. The lowest BCUT2D eigenvalue weighted by molar-refractivity contribution is -0.121. The van der Waals surface area contributed by atoms with Gasteiger partial charge in [0.2, 0.25) is 5.91 Å². The highest BCUT2D eigenvalue weighted by atomic mass is 16.1. The highest BCUT2D eigenvalue weighted by Gasteiger charge is 2.07. The summed E-state index contributed by atoms with van der Waals surface area (Å²) in [6.45, 7) is 9.22. The molecule has 0 aliphatic rings. The molecule has 2 N–H and O–H groups in total. The van der Waals surface area contributed by atoms with Crippen LogP contribution in [-0.4, -0.2) is 50.0 Å². The minimum absolute atomic E-state index is 0.0695. The predicted octanol–water partition coefficient (Wildman–Crippen LogP) is 2.15. The molecule has 0 radical (unpaired) electrons. The zero-order valence-electron chi connectivity index (χ0n) is 14.1. The topological polar surface area (TPSA) is 56.7 Å². The number of rotatable bonds is 10. The van der Waals surface area contributed by atoms with E-state index < -0.39 is 0 Å². The Morgan fingerprint density at radius 1 is 1.33 bits per heavy atom. The lowest BCUT2D eigenvalue weighted by Gasteiger charge is -2.22. The molecule has 0 bridgehead atoms. The largest absolute Gasteiger partial charge is 0.356 e. The van der Waals surface area contributed by atoms with Crippen molar-refractivity contribution < 1.29 is 4.79 Å². The van der Waals surface area contributed by atoms with Crippen molar-refractivity contribution in [3.63, 3.8) is 0 Å². The van der Waals surface area contributed by atoms with Gasteiger partial charge in [-0.15, -0.1) is 6.58 Å². The van der Waals surface area contributed by atoms with Gasteiger partial charge in [-0.05, 0) is 33.1 Å². The second-order valence-electron chi connectivity index (χ2n) is 5.51. The van der Waals surface area contributed by atoms with E-state index in [1.807, 2.05) is 27.0 Å². The number of hydrogen-bond donors (Lipinski definition) is 2. The van der Waals surface area contributed by atoms with E-state index in [0.717, 1.165) is 25.3 Å². The fraction of sp³-hybridized carbons (Fsp3) is 0.750. The molecule has 0 aromatic heterocycles. The van der Waals surface area contributed by atoms with Crippen molar-refractivity contribution >= 4 is 11.9 Å². The maximum absolute atomic E-state index is 11.6. The van der Waals surface area contributed by atoms with Crippen LogP contribution in [0.15, 0.2) is 17.6 Å². The number of hydrogen-bond acceptors (Lipinski definition) is 2. The number of amides is 1. The maximum atomic E-state index is 11.6. The zero-order chi connectivity index (χ0) is 16.1. The van der Waals surface area contributed by atoms with Crippen LogP contribution in [0.2, 0.25) is 0 Å². The Morgan fingerprint density at radius 2 is 2.05 bits per heavy atom. The third kappa shape index (κ3) is 10.9. The van der Waals surface area contributed by atoms with E-state index >= 15 is 0 Å². The van der Waals surface area contributed by atoms with Gasteiger partial charge in [-0.25, -0.2) is 0 Å². The lowest BCUT2D eigenvalue weighted by Crippen LogP contribution is -2.41. The third-order valence-electron chi connectivity index (χ3n) is 3.06. The molecule has 1 amide bonds. The summed E-state index contributed by atoms with van der Waals surface area (Å²) in [5, 5.41) is 6.10. The van der Waals surface area contributed by atoms with Crippen molar-refractivity contribution in [1.82, 2.24) is 15.5 Å².